The standard InChI is InChI=1S/C33H40N2O7/c1-21(2)18-34-32(39)30(41-19-22-11-5-3-6-12-22)28(37)29(38)31(42-20-23-13-7-4-8-14-23)33(40)35-27-25-16-10-9-15-24(25)17-26(27)36/h3-16,21,26-31,36-38H,17-20H2,1-2H3,(H,34,39)(H,35,40)/t26-,27+,28+,29+,30+,31+/m0/s1. The maximum Gasteiger partial charge on any atom is 0.252 e. The van der Waals surface area contributed by atoms with Gasteiger partial charge in [0.1, 0.15) is 12.2 Å². The Morgan fingerprint density at radius 3 is 1.83 bits per heavy atom. The molecular formula is C33H40N2O7. The fourth-order valence-corrected chi connectivity index (χ4v) is 4.93. The largest absolute Gasteiger partial charge is 0.390 e. The summed E-state index contributed by atoms with van der Waals surface area (Å²) in [5.41, 5.74) is 3.19. The minimum Gasteiger partial charge on any atom is -0.390 e. The number of benzene rings is 3. The third-order valence-corrected chi connectivity index (χ3v) is 7.22. The maximum absolute atomic E-state index is 13.6. The molecule has 4 rings (SSSR count). The van der Waals surface area contributed by atoms with Crippen molar-refractivity contribution in [1.82, 2.24) is 10.6 Å². The van der Waals surface area contributed by atoms with Crippen LogP contribution in [0, 0.1) is 5.92 Å². The molecule has 0 bridgehead atoms. The molecule has 9 heteroatoms. The number of hydrogen-bond acceptors (Lipinski definition) is 7. The van der Waals surface area contributed by atoms with Crippen molar-refractivity contribution in [3.63, 3.8) is 0 Å². The fraction of sp³-hybridized carbons (Fsp3) is 0.394. The van der Waals surface area contributed by atoms with E-state index in [2.05, 4.69) is 10.6 Å². The highest BCUT2D eigenvalue weighted by Gasteiger charge is 2.42. The van der Waals surface area contributed by atoms with E-state index >= 15 is 0 Å². The van der Waals surface area contributed by atoms with Gasteiger partial charge >= 0.3 is 0 Å². The Balaban J connectivity index is 1.55. The van der Waals surface area contributed by atoms with Crippen LogP contribution >= 0.6 is 0 Å². The van der Waals surface area contributed by atoms with Gasteiger partial charge in [0.2, 0.25) is 0 Å². The normalized spacial score (nSPS) is 19.0. The lowest BCUT2D eigenvalue weighted by Gasteiger charge is -2.31. The molecule has 1 aliphatic rings. The van der Waals surface area contributed by atoms with Crippen LogP contribution in [0.4, 0.5) is 0 Å². The Hall–Kier alpha value is -3.60. The lowest BCUT2D eigenvalue weighted by molar-refractivity contribution is -0.171. The predicted octanol–water partition coefficient (Wildman–Crippen LogP) is 2.43. The first-order valence-electron chi connectivity index (χ1n) is 14.3. The van der Waals surface area contributed by atoms with Crippen LogP contribution in [0.15, 0.2) is 84.9 Å². The Morgan fingerprint density at radius 1 is 0.786 bits per heavy atom. The smallest absolute Gasteiger partial charge is 0.252 e. The minimum absolute atomic E-state index is 0.00281. The third-order valence-electron chi connectivity index (χ3n) is 7.22. The zero-order chi connectivity index (χ0) is 30.1. The van der Waals surface area contributed by atoms with Crippen molar-refractivity contribution in [2.45, 2.75) is 70.0 Å². The summed E-state index contributed by atoms with van der Waals surface area (Å²) in [6.45, 7) is 4.15. The number of aliphatic hydroxyl groups is 3. The van der Waals surface area contributed by atoms with E-state index in [-0.39, 0.29) is 19.1 Å². The summed E-state index contributed by atoms with van der Waals surface area (Å²) in [5.74, 6) is -1.21. The number of aliphatic hydroxyl groups excluding tert-OH is 3. The lowest BCUT2D eigenvalue weighted by atomic mass is 10.00. The van der Waals surface area contributed by atoms with Gasteiger partial charge in [-0.05, 0) is 28.2 Å². The van der Waals surface area contributed by atoms with Crippen LogP contribution in [0.1, 0.15) is 42.1 Å². The topological polar surface area (TPSA) is 137 Å². The van der Waals surface area contributed by atoms with Crippen molar-refractivity contribution in [3.8, 4) is 0 Å². The molecule has 3 aromatic rings. The molecule has 224 valence electrons. The number of rotatable bonds is 14. The number of nitrogens with one attached hydrogen (secondary N) is 2. The molecule has 6 atom stereocenters. The van der Waals surface area contributed by atoms with E-state index in [9.17, 15) is 24.9 Å². The zero-order valence-electron chi connectivity index (χ0n) is 23.9. The summed E-state index contributed by atoms with van der Waals surface area (Å²) < 4.78 is 11.8. The van der Waals surface area contributed by atoms with Crippen molar-refractivity contribution in [2.75, 3.05) is 6.54 Å². The summed E-state index contributed by atoms with van der Waals surface area (Å²) in [4.78, 5) is 26.8. The zero-order valence-corrected chi connectivity index (χ0v) is 23.9. The van der Waals surface area contributed by atoms with Crippen LogP contribution in [-0.2, 0) is 38.7 Å². The summed E-state index contributed by atoms with van der Waals surface area (Å²) in [5, 5.41) is 39.0. The second-order valence-corrected chi connectivity index (χ2v) is 11.0. The van der Waals surface area contributed by atoms with Crippen LogP contribution in [0.2, 0.25) is 0 Å². The predicted molar refractivity (Wildman–Crippen MR) is 157 cm³/mol. The average molecular weight is 577 g/mol. The number of amides is 2. The van der Waals surface area contributed by atoms with Crippen molar-refractivity contribution in [1.29, 1.82) is 0 Å². The number of ether oxygens (including phenoxy) is 2. The molecule has 0 fully saturated rings. The van der Waals surface area contributed by atoms with Crippen LogP contribution < -0.4 is 10.6 Å². The quantitative estimate of drug-likeness (QED) is 0.199. The Bertz CT molecular complexity index is 1290. The molecular weight excluding hydrogens is 536 g/mol. The molecule has 1 aliphatic carbocycles. The molecule has 3 aromatic carbocycles. The molecule has 0 saturated carbocycles. The Labute approximate surface area is 246 Å². The molecule has 9 nitrogen and oxygen atoms in total. The van der Waals surface area contributed by atoms with E-state index in [1.165, 1.54) is 0 Å². The van der Waals surface area contributed by atoms with E-state index in [0.29, 0.717) is 13.0 Å². The van der Waals surface area contributed by atoms with E-state index in [1.807, 2.05) is 86.6 Å². The number of fused-ring (bicyclic) bond motifs is 1. The van der Waals surface area contributed by atoms with Gasteiger partial charge in [-0.2, -0.15) is 0 Å². The van der Waals surface area contributed by atoms with Crippen molar-refractivity contribution in [3.05, 3.63) is 107 Å². The van der Waals surface area contributed by atoms with Crippen molar-refractivity contribution >= 4 is 11.8 Å². The third kappa shape index (κ3) is 8.24. The highest BCUT2D eigenvalue weighted by molar-refractivity contribution is 5.84. The average Bonchev–Trinajstić information content (AvgIpc) is 3.31. The Morgan fingerprint density at radius 2 is 1.29 bits per heavy atom. The maximum atomic E-state index is 13.6. The highest BCUT2D eigenvalue weighted by Crippen LogP contribution is 2.31. The molecule has 0 aromatic heterocycles. The molecule has 0 spiro atoms. The molecule has 5 N–H and O–H groups in total. The Kier molecular flexibility index (Phi) is 11.2. The summed E-state index contributed by atoms with van der Waals surface area (Å²) in [7, 11) is 0. The monoisotopic (exact) mass is 576 g/mol. The van der Waals surface area contributed by atoms with Gasteiger partial charge in [-0.25, -0.2) is 0 Å². The van der Waals surface area contributed by atoms with Gasteiger partial charge in [-0.3, -0.25) is 9.59 Å². The first kappa shape index (κ1) is 31.3. The summed E-state index contributed by atoms with van der Waals surface area (Å²) in [6, 6.07) is 24.9. The number of carbonyl (C=O) groups excluding carboxylic acids is 2. The first-order valence-corrected chi connectivity index (χ1v) is 14.3. The van der Waals surface area contributed by atoms with Crippen LogP contribution in [0.3, 0.4) is 0 Å². The summed E-state index contributed by atoms with van der Waals surface area (Å²) >= 11 is 0. The van der Waals surface area contributed by atoms with Gasteiger partial charge < -0.3 is 35.4 Å². The lowest BCUT2D eigenvalue weighted by Crippen LogP contribution is -2.56. The van der Waals surface area contributed by atoms with Crippen molar-refractivity contribution in [2.24, 2.45) is 5.92 Å². The molecule has 0 aliphatic heterocycles. The molecule has 0 heterocycles. The van der Waals surface area contributed by atoms with Gasteiger partial charge in [0.25, 0.3) is 11.8 Å². The molecule has 0 saturated heterocycles. The molecule has 42 heavy (non-hydrogen) atoms. The first-order chi connectivity index (χ1) is 20.2. The number of carbonyl (C=O) groups is 2. The summed E-state index contributed by atoms with van der Waals surface area (Å²) in [6.07, 6.45) is -7.23. The highest BCUT2D eigenvalue weighted by atomic mass is 16.5. The van der Waals surface area contributed by atoms with Gasteiger partial charge in [0.05, 0.1) is 25.4 Å². The molecule has 0 radical (unpaired) electrons. The minimum atomic E-state index is -1.84. The SMILES string of the molecule is CC(C)CNC(=O)[C@H](OCc1ccccc1)[C@H](O)[C@@H](O)[C@@H](OCc1ccccc1)C(=O)N[C@@H]1c2ccccc2C[C@@H]1O. The van der Waals surface area contributed by atoms with Gasteiger partial charge in [-0.1, -0.05) is 98.8 Å². The second kappa shape index (κ2) is 15.0. The van der Waals surface area contributed by atoms with Crippen LogP contribution in [-0.4, -0.2) is 64.2 Å². The van der Waals surface area contributed by atoms with E-state index in [1.54, 1.807) is 12.1 Å². The van der Waals surface area contributed by atoms with Gasteiger partial charge in [-0.15, -0.1) is 0 Å². The molecule has 0 unspecified atom stereocenters. The van der Waals surface area contributed by atoms with Gasteiger partial charge in [0.15, 0.2) is 12.2 Å². The second-order valence-electron chi connectivity index (χ2n) is 11.0. The fourth-order valence-electron chi connectivity index (χ4n) is 4.93. The van der Waals surface area contributed by atoms with E-state index in [0.717, 1.165) is 22.3 Å². The van der Waals surface area contributed by atoms with E-state index < -0.39 is 48.4 Å². The van der Waals surface area contributed by atoms with Crippen molar-refractivity contribution < 1.29 is 34.4 Å². The van der Waals surface area contributed by atoms with E-state index in [4.69, 9.17) is 9.47 Å². The molecule has 2 amide bonds. The van der Waals surface area contributed by atoms with Gasteiger partial charge in [0, 0.05) is 13.0 Å². The number of hydrogen-bond donors (Lipinski definition) is 5. The van der Waals surface area contributed by atoms with Crippen LogP contribution in [0.25, 0.3) is 0 Å². The van der Waals surface area contributed by atoms with Crippen LogP contribution in [0.5, 0.6) is 0 Å².